The van der Waals surface area contributed by atoms with E-state index in [2.05, 4.69) is 56.1 Å². The third-order valence-electron chi connectivity index (χ3n) is 6.53. The molecule has 2 heterocycles. The molecule has 2 amide bonds. The minimum atomic E-state index is -0.629. The van der Waals surface area contributed by atoms with Crippen LogP contribution in [0, 0.1) is 0 Å². The summed E-state index contributed by atoms with van der Waals surface area (Å²) in [6.45, 7) is 6.93. The third kappa shape index (κ3) is 6.94. The van der Waals surface area contributed by atoms with Crippen molar-refractivity contribution in [2.45, 2.75) is 32.1 Å². The second-order valence-electron chi connectivity index (χ2n) is 9.05. The van der Waals surface area contributed by atoms with Gasteiger partial charge in [0.1, 0.15) is 5.75 Å². The molecule has 8 heteroatoms. The fraction of sp³-hybridized carbons (Fsp3) is 0.357. The number of hydrogen-bond donors (Lipinski definition) is 2. The molecule has 3 aromatic rings. The van der Waals surface area contributed by atoms with Crippen LogP contribution < -0.4 is 15.4 Å². The van der Waals surface area contributed by atoms with Crippen molar-refractivity contribution in [2.24, 2.45) is 0 Å². The second-order valence-corrected chi connectivity index (χ2v) is 10.0. The van der Waals surface area contributed by atoms with Gasteiger partial charge >= 0.3 is 11.8 Å². The second kappa shape index (κ2) is 12.7. The molecule has 1 saturated heterocycles. The van der Waals surface area contributed by atoms with E-state index < -0.39 is 11.8 Å². The molecule has 0 bridgehead atoms. The number of carbonyl (C=O) groups excluding carboxylic acids is 2. The molecule has 7 nitrogen and oxygen atoms in total. The van der Waals surface area contributed by atoms with E-state index in [1.807, 2.05) is 43.3 Å². The first-order valence-corrected chi connectivity index (χ1v) is 13.2. The van der Waals surface area contributed by atoms with Gasteiger partial charge in [0.2, 0.25) is 0 Å². The first-order chi connectivity index (χ1) is 17.5. The summed E-state index contributed by atoms with van der Waals surface area (Å²) in [4.78, 5) is 31.3. The number of nitrogens with one attached hydrogen (secondary N) is 2. The first-order valence-electron chi connectivity index (χ1n) is 12.3. The van der Waals surface area contributed by atoms with Gasteiger partial charge in [0, 0.05) is 50.2 Å². The summed E-state index contributed by atoms with van der Waals surface area (Å²) in [6, 6.07) is 21.9. The van der Waals surface area contributed by atoms with Gasteiger partial charge in [0.05, 0.1) is 13.2 Å². The van der Waals surface area contributed by atoms with Crippen LogP contribution in [0.3, 0.4) is 0 Å². The van der Waals surface area contributed by atoms with Crippen LogP contribution in [0.25, 0.3) is 0 Å². The van der Waals surface area contributed by atoms with E-state index in [9.17, 15) is 9.59 Å². The lowest BCUT2D eigenvalue weighted by atomic mass is 10.0. The summed E-state index contributed by atoms with van der Waals surface area (Å²) < 4.78 is 5.15. The number of nitrogens with zero attached hydrogens (tertiary/aromatic N) is 2. The van der Waals surface area contributed by atoms with Crippen molar-refractivity contribution >= 4 is 23.2 Å². The molecule has 0 saturated carbocycles. The van der Waals surface area contributed by atoms with Gasteiger partial charge in [0.25, 0.3) is 0 Å². The average Bonchev–Trinajstić information content (AvgIpc) is 3.43. The maximum atomic E-state index is 12.7. The zero-order chi connectivity index (χ0) is 25.3. The lowest BCUT2D eigenvalue weighted by Gasteiger charge is -2.41. The Morgan fingerprint density at radius 2 is 1.64 bits per heavy atom. The highest BCUT2D eigenvalue weighted by Gasteiger charge is 2.31. The van der Waals surface area contributed by atoms with Gasteiger partial charge in [-0.2, -0.15) is 0 Å². The van der Waals surface area contributed by atoms with Crippen molar-refractivity contribution in [3.63, 3.8) is 0 Å². The van der Waals surface area contributed by atoms with Crippen LogP contribution in [0.4, 0.5) is 0 Å². The standard InChI is InChI=1S/C28H34N4O3S/c1-21(30-28(34)27(33)29-19-22-10-12-24(35-2)13-11-22)26(25-9-6-18-36-25)32-16-14-31(15-17-32)20-23-7-4-3-5-8-23/h3-13,18,21,26H,14-17,19-20H2,1-2H3,(H,29,33)(H,30,34)/t21-,26-/m0/s1. The number of thiophene rings is 1. The maximum Gasteiger partial charge on any atom is 0.309 e. The summed E-state index contributed by atoms with van der Waals surface area (Å²) >= 11 is 1.69. The van der Waals surface area contributed by atoms with E-state index in [0.29, 0.717) is 0 Å². The lowest BCUT2D eigenvalue weighted by molar-refractivity contribution is -0.140. The summed E-state index contributed by atoms with van der Waals surface area (Å²) in [5.74, 6) is -0.493. The molecule has 1 aromatic heterocycles. The normalized spacial score (nSPS) is 16.2. The predicted octanol–water partition coefficient (Wildman–Crippen LogP) is 3.44. The quantitative estimate of drug-likeness (QED) is 0.435. The van der Waals surface area contributed by atoms with Crippen LogP contribution in [-0.2, 0) is 22.7 Å². The highest BCUT2D eigenvalue weighted by atomic mass is 32.1. The third-order valence-corrected chi connectivity index (χ3v) is 7.48. The number of ether oxygens (including phenoxy) is 1. The average molecular weight is 507 g/mol. The SMILES string of the molecule is COc1ccc(CNC(=O)C(=O)N[C@@H](C)[C@@H](c2cccs2)N2CCN(Cc3ccccc3)CC2)cc1. The van der Waals surface area contributed by atoms with Crippen molar-refractivity contribution in [1.29, 1.82) is 0 Å². The van der Waals surface area contributed by atoms with Gasteiger partial charge in [-0.1, -0.05) is 48.5 Å². The Morgan fingerprint density at radius 3 is 2.28 bits per heavy atom. The van der Waals surface area contributed by atoms with Crippen molar-refractivity contribution in [2.75, 3.05) is 33.3 Å². The largest absolute Gasteiger partial charge is 0.497 e. The van der Waals surface area contributed by atoms with Crippen LogP contribution in [0.15, 0.2) is 72.1 Å². The lowest BCUT2D eigenvalue weighted by Crippen LogP contribution is -2.53. The molecule has 0 radical (unpaired) electrons. The molecule has 2 N–H and O–H groups in total. The fourth-order valence-corrected chi connectivity index (χ4v) is 5.56. The molecule has 1 aliphatic rings. The Balaban J connectivity index is 1.32. The fourth-order valence-electron chi connectivity index (χ4n) is 4.60. The molecule has 0 unspecified atom stereocenters. The number of rotatable bonds is 9. The van der Waals surface area contributed by atoms with Gasteiger partial charge in [-0.05, 0) is 41.6 Å². The molecular weight excluding hydrogens is 472 g/mol. The minimum absolute atomic E-state index is 0.0159. The Bertz CT molecular complexity index is 1100. The van der Waals surface area contributed by atoms with Crippen molar-refractivity contribution in [1.82, 2.24) is 20.4 Å². The zero-order valence-electron chi connectivity index (χ0n) is 20.9. The van der Waals surface area contributed by atoms with E-state index in [1.165, 1.54) is 10.4 Å². The van der Waals surface area contributed by atoms with E-state index in [0.717, 1.165) is 44.0 Å². The van der Waals surface area contributed by atoms with Gasteiger partial charge in [0.15, 0.2) is 0 Å². The van der Waals surface area contributed by atoms with E-state index >= 15 is 0 Å². The summed E-state index contributed by atoms with van der Waals surface area (Å²) in [6.07, 6.45) is 0. The minimum Gasteiger partial charge on any atom is -0.497 e. The van der Waals surface area contributed by atoms with Gasteiger partial charge in [-0.25, -0.2) is 0 Å². The Hall–Kier alpha value is -3.20. The van der Waals surface area contributed by atoms with Crippen LogP contribution in [-0.4, -0.2) is 60.9 Å². The van der Waals surface area contributed by atoms with E-state index in [1.54, 1.807) is 18.4 Å². The molecule has 0 spiro atoms. The predicted molar refractivity (Wildman–Crippen MR) is 143 cm³/mol. The zero-order valence-corrected chi connectivity index (χ0v) is 21.7. The van der Waals surface area contributed by atoms with E-state index in [-0.39, 0.29) is 18.6 Å². The summed E-state index contributed by atoms with van der Waals surface area (Å²) in [5.41, 5.74) is 2.22. The van der Waals surface area contributed by atoms with Crippen LogP contribution in [0.5, 0.6) is 5.75 Å². The molecule has 4 rings (SSSR count). The maximum absolute atomic E-state index is 12.7. The van der Waals surface area contributed by atoms with Crippen molar-refractivity contribution in [3.05, 3.63) is 88.1 Å². The van der Waals surface area contributed by atoms with Crippen LogP contribution in [0.2, 0.25) is 0 Å². The van der Waals surface area contributed by atoms with Crippen molar-refractivity contribution < 1.29 is 14.3 Å². The highest BCUT2D eigenvalue weighted by Crippen LogP contribution is 2.29. The molecule has 1 aliphatic heterocycles. The van der Waals surface area contributed by atoms with Gasteiger partial charge in [-0.15, -0.1) is 11.3 Å². The van der Waals surface area contributed by atoms with E-state index in [4.69, 9.17) is 4.74 Å². The Kier molecular flexibility index (Phi) is 9.11. The molecule has 190 valence electrons. The molecule has 1 fully saturated rings. The number of piperazine rings is 1. The van der Waals surface area contributed by atoms with Gasteiger partial charge in [-0.3, -0.25) is 19.4 Å². The molecular formula is C28H34N4O3S. The number of benzene rings is 2. The van der Waals surface area contributed by atoms with Crippen molar-refractivity contribution in [3.8, 4) is 5.75 Å². The topological polar surface area (TPSA) is 73.9 Å². The first kappa shape index (κ1) is 25.9. The Morgan fingerprint density at radius 1 is 0.917 bits per heavy atom. The summed E-state index contributed by atoms with van der Waals surface area (Å²) in [5, 5.41) is 7.73. The number of hydrogen-bond acceptors (Lipinski definition) is 6. The van der Waals surface area contributed by atoms with Crippen LogP contribution in [0.1, 0.15) is 29.0 Å². The summed E-state index contributed by atoms with van der Waals surface area (Å²) in [7, 11) is 1.61. The number of amides is 2. The smallest absolute Gasteiger partial charge is 0.309 e. The van der Waals surface area contributed by atoms with Crippen LogP contribution >= 0.6 is 11.3 Å². The Labute approximate surface area is 217 Å². The highest BCUT2D eigenvalue weighted by molar-refractivity contribution is 7.10. The molecule has 36 heavy (non-hydrogen) atoms. The molecule has 2 aromatic carbocycles. The molecule has 0 aliphatic carbocycles. The monoisotopic (exact) mass is 506 g/mol. The van der Waals surface area contributed by atoms with Gasteiger partial charge < -0.3 is 15.4 Å². The number of carbonyl (C=O) groups is 2. The number of methoxy groups -OCH3 is 1. The molecule has 2 atom stereocenters.